The second-order valence-electron chi connectivity index (χ2n) is 4.96. The lowest BCUT2D eigenvalue weighted by Crippen LogP contribution is -1.99. The molecule has 0 saturated carbocycles. The van der Waals surface area contributed by atoms with Crippen molar-refractivity contribution in [3.8, 4) is 17.0 Å². The maximum atomic E-state index is 11.0. The van der Waals surface area contributed by atoms with Gasteiger partial charge in [0.1, 0.15) is 5.75 Å². The molecule has 0 radical (unpaired) electrons. The van der Waals surface area contributed by atoms with Gasteiger partial charge < -0.3 is 9.84 Å². The lowest BCUT2D eigenvalue weighted by molar-refractivity contribution is 0.0689. The fourth-order valence-corrected chi connectivity index (χ4v) is 2.19. The Bertz CT molecular complexity index is 645. The predicted octanol–water partition coefficient (Wildman–Crippen LogP) is 2.92. The van der Waals surface area contributed by atoms with Gasteiger partial charge in [-0.15, -0.1) is 0 Å². The average Bonchev–Trinajstić information content (AvgIpc) is 2.80. The zero-order valence-corrected chi connectivity index (χ0v) is 12.0. The molecule has 106 valence electrons. The number of methoxy groups -OCH3 is 1. The van der Waals surface area contributed by atoms with Crippen LogP contribution >= 0.6 is 0 Å². The van der Waals surface area contributed by atoms with Crippen LogP contribution in [0.4, 0.5) is 0 Å². The Balaban J connectivity index is 2.53. The first-order valence-electron chi connectivity index (χ1n) is 6.39. The van der Waals surface area contributed by atoms with E-state index < -0.39 is 5.97 Å². The second-order valence-corrected chi connectivity index (χ2v) is 4.96. The molecule has 0 fully saturated rings. The van der Waals surface area contributed by atoms with Crippen LogP contribution in [0.2, 0.25) is 0 Å². The van der Waals surface area contributed by atoms with Gasteiger partial charge in [-0.05, 0) is 35.7 Å². The van der Waals surface area contributed by atoms with Gasteiger partial charge in [0, 0.05) is 12.6 Å². The molecule has 2 rings (SSSR count). The molecule has 0 aliphatic carbocycles. The van der Waals surface area contributed by atoms with E-state index in [2.05, 4.69) is 18.9 Å². The maximum absolute atomic E-state index is 11.0. The number of aromatic carboxylic acids is 1. The summed E-state index contributed by atoms with van der Waals surface area (Å²) in [5.74, 6) is 0.130. The third-order valence-corrected chi connectivity index (χ3v) is 3.25. The van der Waals surface area contributed by atoms with Crippen LogP contribution in [0.5, 0.6) is 5.75 Å². The summed E-state index contributed by atoms with van der Waals surface area (Å²) in [4.78, 5) is 11.0. The van der Waals surface area contributed by atoms with Gasteiger partial charge in [-0.2, -0.15) is 5.10 Å². The molecule has 1 aromatic carbocycles. The summed E-state index contributed by atoms with van der Waals surface area (Å²) in [7, 11) is 3.38. The number of aryl methyl sites for hydroxylation is 1. The van der Waals surface area contributed by atoms with E-state index in [0.29, 0.717) is 5.92 Å². The van der Waals surface area contributed by atoms with E-state index in [1.54, 1.807) is 24.9 Å². The van der Waals surface area contributed by atoms with Crippen molar-refractivity contribution in [2.45, 2.75) is 19.8 Å². The Kier molecular flexibility index (Phi) is 3.79. The van der Waals surface area contributed by atoms with Crippen LogP contribution in [0.1, 0.15) is 35.8 Å². The van der Waals surface area contributed by atoms with E-state index in [9.17, 15) is 4.79 Å². The standard InChI is InChI=1S/C15H18N2O3/c1-9(2)11-7-10(5-6-14(11)20-4)13-8-12(15(18)19)16-17(13)3/h5-9H,1-4H3,(H,18,19). The Morgan fingerprint density at radius 3 is 2.55 bits per heavy atom. The summed E-state index contributed by atoms with van der Waals surface area (Å²) in [5, 5.41) is 13.0. The first-order chi connectivity index (χ1) is 9.43. The molecule has 0 aliphatic heterocycles. The van der Waals surface area contributed by atoms with E-state index in [-0.39, 0.29) is 5.69 Å². The quantitative estimate of drug-likeness (QED) is 0.931. The fraction of sp³-hybridized carbons (Fsp3) is 0.333. The van der Waals surface area contributed by atoms with Gasteiger partial charge in [-0.25, -0.2) is 4.79 Å². The van der Waals surface area contributed by atoms with Crippen LogP contribution in [0.25, 0.3) is 11.3 Å². The van der Waals surface area contributed by atoms with Crippen LogP contribution in [0.3, 0.4) is 0 Å². The number of hydrogen-bond acceptors (Lipinski definition) is 3. The number of nitrogens with zero attached hydrogens (tertiary/aromatic N) is 2. The number of benzene rings is 1. The Labute approximate surface area is 117 Å². The number of aromatic nitrogens is 2. The highest BCUT2D eigenvalue weighted by atomic mass is 16.5. The van der Waals surface area contributed by atoms with Crippen molar-refractivity contribution in [2.24, 2.45) is 7.05 Å². The number of hydrogen-bond donors (Lipinski definition) is 1. The van der Waals surface area contributed by atoms with Crippen molar-refractivity contribution in [1.29, 1.82) is 0 Å². The molecule has 0 bridgehead atoms. The monoisotopic (exact) mass is 274 g/mol. The lowest BCUT2D eigenvalue weighted by Gasteiger charge is -2.13. The first-order valence-corrected chi connectivity index (χ1v) is 6.39. The molecule has 1 N–H and O–H groups in total. The molecular weight excluding hydrogens is 256 g/mol. The summed E-state index contributed by atoms with van der Waals surface area (Å²) < 4.78 is 6.93. The van der Waals surface area contributed by atoms with Crippen molar-refractivity contribution in [3.63, 3.8) is 0 Å². The molecule has 2 aromatic rings. The molecule has 0 saturated heterocycles. The van der Waals surface area contributed by atoms with Crippen LogP contribution < -0.4 is 4.74 Å². The molecule has 20 heavy (non-hydrogen) atoms. The van der Waals surface area contributed by atoms with E-state index in [0.717, 1.165) is 22.6 Å². The zero-order valence-electron chi connectivity index (χ0n) is 12.0. The van der Waals surface area contributed by atoms with E-state index in [1.807, 2.05) is 18.2 Å². The van der Waals surface area contributed by atoms with Gasteiger partial charge in [0.05, 0.1) is 12.8 Å². The molecule has 5 heteroatoms. The highest BCUT2D eigenvalue weighted by molar-refractivity contribution is 5.87. The van der Waals surface area contributed by atoms with E-state index >= 15 is 0 Å². The van der Waals surface area contributed by atoms with Crippen molar-refractivity contribution >= 4 is 5.97 Å². The average molecular weight is 274 g/mol. The highest BCUT2D eigenvalue weighted by Crippen LogP contribution is 2.31. The maximum Gasteiger partial charge on any atom is 0.356 e. The first kappa shape index (κ1) is 14.1. The smallest absolute Gasteiger partial charge is 0.356 e. The summed E-state index contributed by atoms with van der Waals surface area (Å²) in [6.07, 6.45) is 0. The van der Waals surface area contributed by atoms with Crippen molar-refractivity contribution < 1.29 is 14.6 Å². The molecule has 0 unspecified atom stereocenters. The Hall–Kier alpha value is -2.30. The Morgan fingerprint density at radius 2 is 2.05 bits per heavy atom. The number of carbonyl (C=O) groups is 1. The number of carboxylic acid groups (broad SMARTS) is 1. The summed E-state index contributed by atoms with van der Waals surface area (Å²) in [6, 6.07) is 7.41. The molecule has 0 atom stereocenters. The topological polar surface area (TPSA) is 64.3 Å². The van der Waals surface area contributed by atoms with Gasteiger partial charge >= 0.3 is 5.97 Å². The minimum Gasteiger partial charge on any atom is -0.496 e. The van der Waals surface area contributed by atoms with Crippen LogP contribution in [0, 0.1) is 0 Å². The van der Waals surface area contributed by atoms with Crippen LogP contribution in [0.15, 0.2) is 24.3 Å². The largest absolute Gasteiger partial charge is 0.496 e. The van der Waals surface area contributed by atoms with Crippen molar-refractivity contribution in [1.82, 2.24) is 9.78 Å². The third kappa shape index (κ3) is 2.52. The second kappa shape index (κ2) is 5.36. The molecule has 0 amide bonds. The fourth-order valence-electron chi connectivity index (χ4n) is 2.19. The summed E-state index contributed by atoms with van der Waals surface area (Å²) in [5.41, 5.74) is 2.83. The number of rotatable bonds is 4. The van der Waals surface area contributed by atoms with Gasteiger partial charge in [-0.1, -0.05) is 13.8 Å². The molecular formula is C15H18N2O3. The van der Waals surface area contributed by atoms with Gasteiger partial charge in [0.15, 0.2) is 5.69 Å². The summed E-state index contributed by atoms with van der Waals surface area (Å²) in [6.45, 7) is 4.18. The van der Waals surface area contributed by atoms with Gasteiger partial charge in [0.2, 0.25) is 0 Å². The molecule has 5 nitrogen and oxygen atoms in total. The van der Waals surface area contributed by atoms with Crippen LogP contribution in [-0.2, 0) is 7.05 Å². The van der Waals surface area contributed by atoms with Crippen molar-refractivity contribution in [2.75, 3.05) is 7.11 Å². The van der Waals surface area contributed by atoms with E-state index in [4.69, 9.17) is 9.84 Å². The van der Waals surface area contributed by atoms with Crippen LogP contribution in [-0.4, -0.2) is 28.0 Å². The normalized spacial score (nSPS) is 10.8. The SMILES string of the molecule is COc1ccc(-c2cc(C(=O)O)nn2C)cc1C(C)C. The highest BCUT2D eigenvalue weighted by Gasteiger charge is 2.15. The minimum atomic E-state index is -1.02. The molecule has 0 spiro atoms. The van der Waals surface area contributed by atoms with E-state index in [1.165, 1.54) is 0 Å². The van der Waals surface area contributed by atoms with Gasteiger partial charge in [-0.3, -0.25) is 4.68 Å². The lowest BCUT2D eigenvalue weighted by atomic mass is 9.98. The predicted molar refractivity (Wildman–Crippen MR) is 76.2 cm³/mol. The molecule has 1 aromatic heterocycles. The number of carboxylic acids is 1. The minimum absolute atomic E-state index is 0.0458. The van der Waals surface area contributed by atoms with Gasteiger partial charge in [0.25, 0.3) is 0 Å². The third-order valence-electron chi connectivity index (χ3n) is 3.25. The molecule has 1 heterocycles. The number of ether oxygens (including phenoxy) is 1. The molecule has 0 aliphatic rings. The van der Waals surface area contributed by atoms with Crippen molar-refractivity contribution in [3.05, 3.63) is 35.5 Å². The Morgan fingerprint density at radius 1 is 1.35 bits per heavy atom. The zero-order chi connectivity index (χ0) is 14.9. The summed E-state index contributed by atoms with van der Waals surface area (Å²) >= 11 is 0.